The molecule has 0 aromatic heterocycles. The van der Waals surface area contributed by atoms with Gasteiger partial charge in [0.1, 0.15) is 0 Å². The number of hydrogen-bond donors (Lipinski definition) is 0. The smallest absolute Gasteiger partial charge is 0.0342 e. The molecule has 0 bridgehead atoms. The molecule has 0 N–H and O–H groups in total. The van der Waals surface area contributed by atoms with Crippen LogP contribution < -0.4 is 0 Å². The van der Waals surface area contributed by atoms with Gasteiger partial charge in [-0.1, -0.05) is 97.1 Å². The fourth-order valence-electron chi connectivity index (χ4n) is 2.97. The van der Waals surface area contributed by atoms with Crippen LogP contribution in [0.3, 0.4) is 0 Å². The third kappa shape index (κ3) is 3.01. The molecular formula is C22H20. The highest BCUT2D eigenvalue weighted by atomic mass is 14.2. The molecule has 0 atom stereocenters. The largest absolute Gasteiger partial charge is 0.0829 e. The molecule has 3 aromatic carbocycles. The van der Waals surface area contributed by atoms with E-state index in [1.807, 2.05) is 0 Å². The Morgan fingerprint density at radius 1 is 0.636 bits per heavy atom. The number of rotatable bonds is 4. The molecule has 108 valence electrons. The van der Waals surface area contributed by atoms with E-state index in [2.05, 4.69) is 104 Å². The quantitative estimate of drug-likeness (QED) is 0.557. The van der Waals surface area contributed by atoms with Gasteiger partial charge in [0, 0.05) is 5.92 Å². The monoisotopic (exact) mass is 284 g/mol. The molecule has 0 aliphatic carbocycles. The van der Waals surface area contributed by atoms with E-state index >= 15 is 0 Å². The van der Waals surface area contributed by atoms with Gasteiger partial charge in [0.15, 0.2) is 0 Å². The molecule has 0 spiro atoms. The lowest BCUT2D eigenvalue weighted by atomic mass is 9.81. The molecule has 3 rings (SSSR count). The molecule has 0 unspecified atom stereocenters. The summed E-state index contributed by atoms with van der Waals surface area (Å²) in [5.74, 6) is 0.259. The SMILES string of the molecule is CC=C(c1ccccc1)C(c1ccccc1)c1ccccc1. The molecule has 0 amide bonds. The number of hydrogen-bond acceptors (Lipinski definition) is 0. The minimum atomic E-state index is 0.259. The van der Waals surface area contributed by atoms with Crippen LogP contribution in [0.4, 0.5) is 0 Å². The van der Waals surface area contributed by atoms with Crippen molar-refractivity contribution in [2.45, 2.75) is 12.8 Å². The molecule has 0 nitrogen and oxygen atoms in total. The molecule has 22 heavy (non-hydrogen) atoms. The molecule has 0 saturated heterocycles. The summed E-state index contributed by atoms with van der Waals surface area (Å²) < 4.78 is 0. The zero-order valence-electron chi connectivity index (χ0n) is 12.8. The first-order chi connectivity index (χ1) is 10.9. The third-order valence-corrected chi connectivity index (χ3v) is 3.99. The predicted molar refractivity (Wildman–Crippen MR) is 94.8 cm³/mol. The maximum Gasteiger partial charge on any atom is 0.0342 e. The van der Waals surface area contributed by atoms with Crippen molar-refractivity contribution in [1.29, 1.82) is 0 Å². The molecule has 0 radical (unpaired) electrons. The molecule has 0 heterocycles. The fourth-order valence-corrected chi connectivity index (χ4v) is 2.97. The van der Waals surface area contributed by atoms with Crippen molar-refractivity contribution >= 4 is 5.57 Å². The van der Waals surface area contributed by atoms with Gasteiger partial charge >= 0.3 is 0 Å². The van der Waals surface area contributed by atoms with Crippen molar-refractivity contribution in [1.82, 2.24) is 0 Å². The van der Waals surface area contributed by atoms with E-state index in [9.17, 15) is 0 Å². The van der Waals surface area contributed by atoms with E-state index in [4.69, 9.17) is 0 Å². The maximum absolute atomic E-state index is 2.24. The predicted octanol–water partition coefficient (Wildman–Crippen LogP) is 5.92. The fraction of sp³-hybridized carbons (Fsp3) is 0.0909. The van der Waals surface area contributed by atoms with E-state index in [1.54, 1.807) is 0 Å². The minimum Gasteiger partial charge on any atom is -0.0829 e. The number of benzene rings is 3. The zero-order valence-corrected chi connectivity index (χ0v) is 12.8. The summed E-state index contributed by atoms with van der Waals surface area (Å²) in [6.07, 6.45) is 2.24. The van der Waals surface area contributed by atoms with E-state index in [1.165, 1.54) is 22.3 Å². The Bertz CT molecular complexity index is 685. The second-order valence-corrected chi connectivity index (χ2v) is 5.36. The van der Waals surface area contributed by atoms with Gasteiger partial charge in [-0.15, -0.1) is 0 Å². The molecule has 0 saturated carbocycles. The molecule has 0 aliphatic rings. The molecule has 0 heteroatoms. The average molecular weight is 284 g/mol. The van der Waals surface area contributed by atoms with Crippen LogP contribution in [0, 0.1) is 0 Å². The standard InChI is InChI=1S/C22H20/c1-2-21(18-12-6-3-7-13-18)22(19-14-8-4-9-15-19)20-16-10-5-11-17-20/h2-17,22H,1H3. The van der Waals surface area contributed by atoms with Crippen molar-refractivity contribution in [2.75, 3.05) is 0 Å². The van der Waals surface area contributed by atoms with Crippen LogP contribution in [0.5, 0.6) is 0 Å². The van der Waals surface area contributed by atoms with E-state index < -0.39 is 0 Å². The van der Waals surface area contributed by atoms with Gasteiger partial charge < -0.3 is 0 Å². The Morgan fingerprint density at radius 3 is 1.45 bits per heavy atom. The van der Waals surface area contributed by atoms with Crippen LogP contribution in [0.15, 0.2) is 97.1 Å². The Morgan fingerprint density at radius 2 is 1.05 bits per heavy atom. The Balaban J connectivity index is 2.14. The molecular weight excluding hydrogens is 264 g/mol. The second-order valence-electron chi connectivity index (χ2n) is 5.36. The Labute approximate surface area is 132 Å². The zero-order chi connectivity index (χ0) is 15.2. The summed E-state index contributed by atoms with van der Waals surface area (Å²) in [5, 5.41) is 0. The summed E-state index contributed by atoms with van der Waals surface area (Å²) in [7, 11) is 0. The van der Waals surface area contributed by atoms with Gasteiger partial charge in [-0.2, -0.15) is 0 Å². The van der Waals surface area contributed by atoms with E-state index in [-0.39, 0.29) is 5.92 Å². The maximum atomic E-state index is 2.24. The van der Waals surface area contributed by atoms with Crippen molar-refractivity contribution in [2.24, 2.45) is 0 Å². The first-order valence-electron chi connectivity index (χ1n) is 7.71. The van der Waals surface area contributed by atoms with Crippen LogP contribution in [0.1, 0.15) is 29.5 Å². The van der Waals surface area contributed by atoms with Crippen molar-refractivity contribution in [3.63, 3.8) is 0 Å². The van der Waals surface area contributed by atoms with E-state index in [0.717, 1.165) is 0 Å². The van der Waals surface area contributed by atoms with Crippen LogP contribution >= 0.6 is 0 Å². The highest BCUT2D eigenvalue weighted by Gasteiger charge is 2.19. The summed E-state index contributed by atoms with van der Waals surface area (Å²) in [6, 6.07) is 32.1. The van der Waals surface area contributed by atoms with Crippen LogP contribution in [0.25, 0.3) is 5.57 Å². The summed E-state index contributed by atoms with van der Waals surface area (Å²) in [4.78, 5) is 0. The lowest BCUT2D eigenvalue weighted by Crippen LogP contribution is -2.04. The lowest BCUT2D eigenvalue weighted by molar-refractivity contribution is 1.04. The molecule has 3 aromatic rings. The van der Waals surface area contributed by atoms with Crippen LogP contribution in [-0.4, -0.2) is 0 Å². The summed E-state index contributed by atoms with van der Waals surface area (Å²) >= 11 is 0. The van der Waals surface area contributed by atoms with E-state index in [0.29, 0.717) is 0 Å². The lowest BCUT2D eigenvalue weighted by Gasteiger charge is -2.22. The van der Waals surface area contributed by atoms with Gasteiger partial charge in [0.25, 0.3) is 0 Å². The van der Waals surface area contributed by atoms with Gasteiger partial charge in [0.2, 0.25) is 0 Å². The number of allylic oxidation sites excluding steroid dienone is 2. The third-order valence-electron chi connectivity index (χ3n) is 3.99. The Kier molecular flexibility index (Phi) is 4.50. The summed E-state index contributed by atoms with van der Waals surface area (Å²) in [5.41, 5.74) is 5.28. The highest BCUT2D eigenvalue weighted by molar-refractivity contribution is 5.74. The summed E-state index contributed by atoms with van der Waals surface area (Å²) in [6.45, 7) is 2.13. The molecule has 0 fully saturated rings. The van der Waals surface area contributed by atoms with Gasteiger partial charge in [0.05, 0.1) is 0 Å². The van der Waals surface area contributed by atoms with Crippen molar-refractivity contribution in [3.05, 3.63) is 114 Å². The van der Waals surface area contributed by atoms with Gasteiger partial charge in [-0.05, 0) is 29.2 Å². The van der Waals surface area contributed by atoms with Crippen molar-refractivity contribution in [3.8, 4) is 0 Å². The first kappa shape index (κ1) is 14.3. The average Bonchev–Trinajstić information content (AvgIpc) is 2.62. The highest BCUT2D eigenvalue weighted by Crippen LogP contribution is 2.37. The minimum absolute atomic E-state index is 0.259. The van der Waals surface area contributed by atoms with Crippen LogP contribution in [-0.2, 0) is 0 Å². The Hall–Kier alpha value is -2.60. The second kappa shape index (κ2) is 6.91. The topological polar surface area (TPSA) is 0 Å². The van der Waals surface area contributed by atoms with Crippen molar-refractivity contribution < 1.29 is 0 Å². The van der Waals surface area contributed by atoms with Crippen LogP contribution in [0.2, 0.25) is 0 Å². The van der Waals surface area contributed by atoms with Gasteiger partial charge in [-0.25, -0.2) is 0 Å². The molecule has 0 aliphatic heterocycles. The normalized spacial score (nSPS) is 11.6. The van der Waals surface area contributed by atoms with Gasteiger partial charge in [-0.3, -0.25) is 0 Å². The first-order valence-corrected chi connectivity index (χ1v) is 7.71.